The fourth-order valence-corrected chi connectivity index (χ4v) is 3.88. The Morgan fingerprint density at radius 3 is 2.63 bits per heavy atom. The van der Waals surface area contributed by atoms with Gasteiger partial charge < -0.3 is 4.57 Å². The highest BCUT2D eigenvalue weighted by Crippen LogP contribution is 2.39. The number of hydrogen-bond donors (Lipinski definition) is 0. The highest BCUT2D eigenvalue weighted by Gasteiger charge is 2.28. The molecule has 1 aliphatic heterocycles. The maximum Gasteiger partial charge on any atom is 0.268 e. The van der Waals surface area contributed by atoms with E-state index in [1.54, 1.807) is 11.6 Å². The summed E-state index contributed by atoms with van der Waals surface area (Å²) in [7, 11) is 1.76. The molecule has 0 bridgehead atoms. The van der Waals surface area contributed by atoms with E-state index < -0.39 is 0 Å². The first-order valence-electron chi connectivity index (χ1n) is 9.63. The van der Waals surface area contributed by atoms with Crippen molar-refractivity contribution in [3.05, 3.63) is 52.1 Å². The standard InChI is InChI=1S/C19H23N7O/c1-24-11-15(20-10-18(24)27)12-25-8-6-14(7-9-25)19-22-21-17-5-4-16(13-2-3-13)23-26(17)19/h4-5,10-11,13-14H,2-3,6-9,12H2,1H3. The minimum absolute atomic E-state index is 0.0748. The minimum Gasteiger partial charge on any atom is -0.315 e. The lowest BCUT2D eigenvalue weighted by molar-refractivity contribution is 0.198. The molecule has 0 aromatic carbocycles. The highest BCUT2D eigenvalue weighted by atomic mass is 16.1. The third-order valence-corrected chi connectivity index (χ3v) is 5.67. The molecule has 8 heteroatoms. The van der Waals surface area contributed by atoms with Gasteiger partial charge in [-0.05, 0) is 50.9 Å². The average Bonchev–Trinajstić information content (AvgIpc) is 3.45. The second kappa shape index (κ2) is 6.53. The topological polar surface area (TPSA) is 81.2 Å². The summed E-state index contributed by atoms with van der Waals surface area (Å²) >= 11 is 0. The van der Waals surface area contributed by atoms with Gasteiger partial charge in [0.2, 0.25) is 0 Å². The van der Waals surface area contributed by atoms with E-state index in [1.165, 1.54) is 24.7 Å². The van der Waals surface area contributed by atoms with Crippen molar-refractivity contribution >= 4 is 5.65 Å². The maximum absolute atomic E-state index is 11.5. The van der Waals surface area contributed by atoms with Crippen molar-refractivity contribution in [2.45, 2.75) is 44.1 Å². The highest BCUT2D eigenvalue weighted by molar-refractivity contribution is 5.38. The fourth-order valence-electron chi connectivity index (χ4n) is 3.88. The Morgan fingerprint density at radius 1 is 1.07 bits per heavy atom. The van der Waals surface area contributed by atoms with Gasteiger partial charge in [-0.25, -0.2) is 0 Å². The summed E-state index contributed by atoms with van der Waals surface area (Å²) in [6.07, 6.45) is 7.77. The van der Waals surface area contributed by atoms with E-state index in [-0.39, 0.29) is 5.56 Å². The Bertz CT molecular complexity index is 1030. The van der Waals surface area contributed by atoms with Crippen LogP contribution in [-0.4, -0.2) is 47.4 Å². The first-order valence-corrected chi connectivity index (χ1v) is 9.63. The molecule has 0 N–H and O–H groups in total. The van der Waals surface area contributed by atoms with Gasteiger partial charge in [0.15, 0.2) is 11.5 Å². The van der Waals surface area contributed by atoms with Gasteiger partial charge in [-0.2, -0.15) is 9.61 Å². The minimum atomic E-state index is -0.0748. The summed E-state index contributed by atoms with van der Waals surface area (Å²) in [4.78, 5) is 18.1. The van der Waals surface area contributed by atoms with Crippen LogP contribution in [0.2, 0.25) is 0 Å². The Hall–Kier alpha value is -2.61. The molecule has 4 heterocycles. The van der Waals surface area contributed by atoms with Crippen molar-refractivity contribution in [3.8, 4) is 0 Å². The average molecular weight is 365 g/mol. The van der Waals surface area contributed by atoms with Crippen molar-refractivity contribution in [3.63, 3.8) is 0 Å². The molecule has 2 fully saturated rings. The lowest BCUT2D eigenvalue weighted by Gasteiger charge is -2.30. The van der Waals surface area contributed by atoms with Crippen LogP contribution < -0.4 is 5.56 Å². The molecular weight excluding hydrogens is 342 g/mol. The Morgan fingerprint density at radius 2 is 1.89 bits per heavy atom. The molecule has 0 radical (unpaired) electrons. The van der Waals surface area contributed by atoms with Crippen molar-refractivity contribution in [2.75, 3.05) is 13.1 Å². The SMILES string of the molecule is Cn1cc(CN2CCC(c3nnc4ccc(C5CC5)nn34)CC2)ncc1=O. The van der Waals surface area contributed by atoms with Crippen LogP contribution in [0.25, 0.3) is 5.65 Å². The van der Waals surface area contributed by atoms with E-state index >= 15 is 0 Å². The van der Waals surface area contributed by atoms with E-state index in [1.807, 2.05) is 16.8 Å². The third kappa shape index (κ3) is 3.25. The van der Waals surface area contributed by atoms with E-state index in [2.05, 4.69) is 26.1 Å². The molecule has 0 atom stereocenters. The monoisotopic (exact) mass is 365 g/mol. The zero-order chi connectivity index (χ0) is 18.4. The summed E-state index contributed by atoms with van der Waals surface area (Å²) in [6, 6.07) is 4.13. The van der Waals surface area contributed by atoms with Gasteiger partial charge in [-0.1, -0.05) is 0 Å². The quantitative estimate of drug-likeness (QED) is 0.697. The van der Waals surface area contributed by atoms with Gasteiger partial charge >= 0.3 is 0 Å². The number of nitrogens with zero attached hydrogens (tertiary/aromatic N) is 7. The van der Waals surface area contributed by atoms with Crippen LogP contribution in [0.4, 0.5) is 0 Å². The lowest BCUT2D eigenvalue weighted by Crippen LogP contribution is -2.34. The van der Waals surface area contributed by atoms with Crippen LogP contribution in [0, 0.1) is 0 Å². The molecule has 1 saturated carbocycles. The van der Waals surface area contributed by atoms with Crippen molar-refractivity contribution in [1.29, 1.82) is 0 Å². The van der Waals surface area contributed by atoms with Crippen LogP contribution in [0.15, 0.2) is 29.3 Å². The number of aryl methyl sites for hydroxylation is 1. The number of likely N-dealkylation sites (tertiary alicyclic amines) is 1. The second-order valence-corrected chi connectivity index (χ2v) is 7.74. The van der Waals surface area contributed by atoms with Crippen LogP contribution >= 0.6 is 0 Å². The molecule has 8 nitrogen and oxygen atoms in total. The molecule has 1 aliphatic carbocycles. The molecule has 3 aromatic rings. The molecule has 0 spiro atoms. The third-order valence-electron chi connectivity index (χ3n) is 5.67. The molecule has 2 aliphatic rings. The Balaban J connectivity index is 1.28. The van der Waals surface area contributed by atoms with Gasteiger partial charge in [-0.3, -0.25) is 14.7 Å². The lowest BCUT2D eigenvalue weighted by atomic mass is 9.96. The predicted molar refractivity (Wildman–Crippen MR) is 99.5 cm³/mol. The number of piperidine rings is 1. The largest absolute Gasteiger partial charge is 0.315 e. The number of fused-ring (bicyclic) bond motifs is 1. The number of rotatable bonds is 4. The fraction of sp³-hybridized carbons (Fsp3) is 0.526. The van der Waals surface area contributed by atoms with Gasteiger partial charge in [0.1, 0.15) is 0 Å². The van der Waals surface area contributed by atoms with Gasteiger partial charge in [-0.15, -0.1) is 10.2 Å². The van der Waals surface area contributed by atoms with Gasteiger partial charge in [0.05, 0.1) is 17.6 Å². The summed E-state index contributed by atoms with van der Waals surface area (Å²) in [5.41, 5.74) is 2.86. The van der Waals surface area contributed by atoms with E-state index in [0.29, 0.717) is 11.8 Å². The van der Waals surface area contributed by atoms with E-state index in [0.717, 1.165) is 49.6 Å². The first-order chi connectivity index (χ1) is 13.2. The van der Waals surface area contributed by atoms with E-state index in [9.17, 15) is 4.79 Å². The summed E-state index contributed by atoms with van der Waals surface area (Å²) < 4.78 is 3.54. The zero-order valence-electron chi connectivity index (χ0n) is 15.5. The Labute approximate surface area is 156 Å². The van der Waals surface area contributed by atoms with Gasteiger partial charge in [0, 0.05) is 31.6 Å². The van der Waals surface area contributed by atoms with Crippen molar-refractivity contribution in [2.24, 2.45) is 7.05 Å². The number of hydrogen-bond acceptors (Lipinski definition) is 6. The van der Waals surface area contributed by atoms with Crippen molar-refractivity contribution < 1.29 is 0 Å². The van der Waals surface area contributed by atoms with Crippen LogP contribution in [0.3, 0.4) is 0 Å². The number of aromatic nitrogens is 6. The molecule has 3 aromatic heterocycles. The molecule has 5 rings (SSSR count). The summed E-state index contributed by atoms with van der Waals surface area (Å²) in [6.45, 7) is 2.73. The van der Waals surface area contributed by atoms with Crippen LogP contribution in [-0.2, 0) is 13.6 Å². The molecule has 27 heavy (non-hydrogen) atoms. The van der Waals surface area contributed by atoms with E-state index in [4.69, 9.17) is 5.10 Å². The second-order valence-electron chi connectivity index (χ2n) is 7.74. The smallest absolute Gasteiger partial charge is 0.268 e. The normalized spacial score (nSPS) is 19.0. The Kier molecular flexibility index (Phi) is 4.00. The predicted octanol–water partition coefficient (Wildman–Crippen LogP) is 1.48. The maximum atomic E-state index is 11.5. The van der Waals surface area contributed by atoms with Gasteiger partial charge in [0.25, 0.3) is 5.56 Å². The van der Waals surface area contributed by atoms with Crippen molar-refractivity contribution in [1.82, 2.24) is 34.3 Å². The van der Waals surface area contributed by atoms with Crippen LogP contribution in [0.5, 0.6) is 0 Å². The molecular formula is C19H23N7O. The van der Waals surface area contributed by atoms with Crippen LogP contribution in [0.1, 0.15) is 54.7 Å². The summed E-state index contributed by atoms with van der Waals surface area (Å²) in [5.74, 6) is 2.00. The molecule has 1 saturated heterocycles. The summed E-state index contributed by atoms with van der Waals surface area (Å²) in [5, 5.41) is 13.6. The molecule has 140 valence electrons. The molecule has 0 unspecified atom stereocenters. The zero-order valence-corrected chi connectivity index (χ0v) is 15.5. The molecule has 0 amide bonds. The first kappa shape index (κ1) is 16.6.